The van der Waals surface area contributed by atoms with Crippen LogP contribution in [0.5, 0.6) is 0 Å². The fourth-order valence-corrected chi connectivity index (χ4v) is 3.00. The zero-order valence-corrected chi connectivity index (χ0v) is 15.0. The number of nitrogens with zero attached hydrogens (tertiary/aromatic N) is 5. The number of morpholine rings is 1. The fourth-order valence-electron chi connectivity index (χ4n) is 3.00. The van der Waals surface area contributed by atoms with Crippen molar-refractivity contribution >= 4 is 5.91 Å². The Morgan fingerprint density at radius 3 is 2.96 bits per heavy atom. The van der Waals surface area contributed by atoms with Crippen LogP contribution < -0.4 is 0 Å². The van der Waals surface area contributed by atoms with Crippen LogP contribution >= 0.6 is 0 Å². The van der Waals surface area contributed by atoms with Gasteiger partial charge in [0, 0.05) is 20.1 Å². The van der Waals surface area contributed by atoms with Gasteiger partial charge in [-0.2, -0.15) is 5.10 Å². The number of carbonyl (C=O) groups excluding carboxylic acids is 1. The van der Waals surface area contributed by atoms with E-state index in [1.165, 1.54) is 0 Å². The molecule has 8 nitrogen and oxygen atoms in total. The van der Waals surface area contributed by atoms with E-state index in [9.17, 15) is 4.79 Å². The van der Waals surface area contributed by atoms with E-state index >= 15 is 0 Å². The summed E-state index contributed by atoms with van der Waals surface area (Å²) in [5.74, 6) is 2.50. The first-order chi connectivity index (χ1) is 12.0. The fraction of sp³-hybridized carbons (Fsp3) is 0.588. The molecule has 0 aromatic carbocycles. The zero-order valence-electron chi connectivity index (χ0n) is 15.0. The van der Waals surface area contributed by atoms with Gasteiger partial charge in [0.2, 0.25) is 5.91 Å². The van der Waals surface area contributed by atoms with Crippen molar-refractivity contribution in [3.63, 3.8) is 0 Å². The van der Waals surface area contributed by atoms with Crippen molar-refractivity contribution in [3.05, 3.63) is 35.8 Å². The number of furan rings is 1. The molecule has 1 saturated heterocycles. The van der Waals surface area contributed by atoms with Gasteiger partial charge in [-0.1, -0.05) is 0 Å². The van der Waals surface area contributed by atoms with Gasteiger partial charge in [0.25, 0.3) is 0 Å². The van der Waals surface area contributed by atoms with Gasteiger partial charge in [0.1, 0.15) is 17.4 Å². The van der Waals surface area contributed by atoms with Crippen molar-refractivity contribution in [3.8, 4) is 0 Å². The Balaban J connectivity index is 1.50. The Morgan fingerprint density at radius 2 is 2.28 bits per heavy atom. The summed E-state index contributed by atoms with van der Waals surface area (Å²) in [6.45, 7) is 7.42. The van der Waals surface area contributed by atoms with Gasteiger partial charge in [0.15, 0.2) is 0 Å². The van der Waals surface area contributed by atoms with Gasteiger partial charge in [0.05, 0.1) is 38.6 Å². The number of likely N-dealkylation sites (N-methyl/N-ethyl adjacent to an activating group) is 1. The Labute approximate surface area is 147 Å². The molecule has 0 radical (unpaired) electrons. The van der Waals surface area contributed by atoms with Gasteiger partial charge in [-0.05, 0) is 26.0 Å². The van der Waals surface area contributed by atoms with Crippen molar-refractivity contribution in [2.45, 2.75) is 33.0 Å². The van der Waals surface area contributed by atoms with Crippen molar-refractivity contribution in [1.29, 1.82) is 0 Å². The molecule has 2 aromatic rings. The molecule has 8 heteroatoms. The van der Waals surface area contributed by atoms with Crippen LogP contribution in [0.15, 0.2) is 22.8 Å². The number of aromatic nitrogens is 3. The molecule has 136 valence electrons. The monoisotopic (exact) mass is 347 g/mol. The van der Waals surface area contributed by atoms with Crippen molar-refractivity contribution in [2.75, 3.05) is 33.3 Å². The highest BCUT2D eigenvalue weighted by Gasteiger charge is 2.24. The smallest absolute Gasteiger partial charge is 0.236 e. The summed E-state index contributed by atoms with van der Waals surface area (Å²) in [4.78, 5) is 20.6. The largest absolute Gasteiger partial charge is 0.467 e. The van der Waals surface area contributed by atoms with Crippen LogP contribution in [0.3, 0.4) is 0 Å². The van der Waals surface area contributed by atoms with Crippen molar-refractivity contribution in [2.24, 2.45) is 0 Å². The SMILES string of the molecule is Cc1nc(C)n(C[C@H]2CN(CC(=O)N(C)Cc3ccco3)CCO2)n1. The first kappa shape index (κ1) is 17.6. The van der Waals surface area contributed by atoms with Gasteiger partial charge in [-0.3, -0.25) is 9.69 Å². The van der Waals surface area contributed by atoms with Crippen molar-refractivity contribution < 1.29 is 13.9 Å². The first-order valence-corrected chi connectivity index (χ1v) is 8.49. The molecule has 1 fully saturated rings. The van der Waals surface area contributed by atoms with E-state index in [2.05, 4.69) is 15.0 Å². The Bertz CT molecular complexity index is 697. The molecule has 1 atom stereocenters. The lowest BCUT2D eigenvalue weighted by atomic mass is 10.2. The lowest BCUT2D eigenvalue weighted by Crippen LogP contribution is -2.48. The molecule has 0 unspecified atom stereocenters. The highest BCUT2D eigenvalue weighted by atomic mass is 16.5. The molecule has 25 heavy (non-hydrogen) atoms. The van der Waals surface area contributed by atoms with Crippen LogP contribution in [-0.2, 0) is 22.6 Å². The van der Waals surface area contributed by atoms with E-state index in [1.54, 1.807) is 18.2 Å². The molecule has 0 bridgehead atoms. The van der Waals surface area contributed by atoms with E-state index < -0.39 is 0 Å². The van der Waals surface area contributed by atoms with E-state index in [0.29, 0.717) is 32.8 Å². The molecule has 1 aliphatic heterocycles. The molecule has 1 amide bonds. The first-order valence-electron chi connectivity index (χ1n) is 8.49. The van der Waals surface area contributed by atoms with Crippen LogP contribution in [0.1, 0.15) is 17.4 Å². The molecular weight excluding hydrogens is 322 g/mol. The lowest BCUT2D eigenvalue weighted by Gasteiger charge is -2.33. The minimum Gasteiger partial charge on any atom is -0.467 e. The van der Waals surface area contributed by atoms with E-state index in [-0.39, 0.29) is 12.0 Å². The summed E-state index contributed by atoms with van der Waals surface area (Å²) < 4.78 is 13.0. The van der Waals surface area contributed by atoms with Gasteiger partial charge in [-0.15, -0.1) is 0 Å². The second-order valence-corrected chi connectivity index (χ2v) is 6.45. The minimum absolute atomic E-state index is 0.0109. The summed E-state index contributed by atoms with van der Waals surface area (Å²) in [6.07, 6.45) is 1.63. The maximum Gasteiger partial charge on any atom is 0.236 e. The summed E-state index contributed by atoms with van der Waals surface area (Å²) in [6, 6.07) is 3.70. The number of aryl methyl sites for hydroxylation is 2. The molecule has 3 rings (SSSR count). The number of hydrogen-bond acceptors (Lipinski definition) is 6. The van der Waals surface area contributed by atoms with Gasteiger partial charge >= 0.3 is 0 Å². The predicted molar refractivity (Wildman–Crippen MR) is 90.9 cm³/mol. The molecule has 0 N–H and O–H groups in total. The highest BCUT2D eigenvalue weighted by molar-refractivity contribution is 5.77. The van der Waals surface area contributed by atoms with E-state index in [0.717, 1.165) is 24.0 Å². The minimum atomic E-state index is 0.0109. The van der Waals surface area contributed by atoms with Gasteiger partial charge in [-0.25, -0.2) is 9.67 Å². The van der Waals surface area contributed by atoms with Crippen LogP contribution in [0, 0.1) is 13.8 Å². The molecule has 0 saturated carbocycles. The summed E-state index contributed by atoms with van der Waals surface area (Å²) in [7, 11) is 1.80. The second-order valence-electron chi connectivity index (χ2n) is 6.45. The predicted octanol–water partition coefficient (Wildman–Crippen LogP) is 0.847. The van der Waals surface area contributed by atoms with Crippen LogP contribution in [0.25, 0.3) is 0 Å². The third-order valence-electron chi connectivity index (χ3n) is 4.32. The summed E-state index contributed by atoms with van der Waals surface area (Å²) in [5, 5.41) is 4.38. The third kappa shape index (κ3) is 4.67. The van der Waals surface area contributed by atoms with Crippen LogP contribution in [0.4, 0.5) is 0 Å². The average molecular weight is 347 g/mol. The summed E-state index contributed by atoms with van der Waals surface area (Å²) >= 11 is 0. The summed E-state index contributed by atoms with van der Waals surface area (Å²) in [5.41, 5.74) is 0. The average Bonchev–Trinajstić information content (AvgIpc) is 3.17. The molecular formula is C17H25N5O3. The third-order valence-corrected chi connectivity index (χ3v) is 4.32. The molecule has 0 aliphatic carbocycles. The number of rotatable bonds is 6. The normalized spacial score (nSPS) is 18.4. The van der Waals surface area contributed by atoms with Crippen LogP contribution in [0.2, 0.25) is 0 Å². The highest BCUT2D eigenvalue weighted by Crippen LogP contribution is 2.10. The molecule has 0 spiro atoms. The molecule has 1 aliphatic rings. The second kappa shape index (κ2) is 7.79. The van der Waals surface area contributed by atoms with E-state index in [4.69, 9.17) is 9.15 Å². The number of hydrogen-bond donors (Lipinski definition) is 0. The standard InChI is InChI=1S/C17H25N5O3/c1-13-18-14(2)22(19-13)11-16-10-21(6-8-25-16)12-17(23)20(3)9-15-5-4-7-24-15/h4-5,7,16H,6,8-12H2,1-3H3/t16-/m1/s1. The topological polar surface area (TPSA) is 76.6 Å². The lowest BCUT2D eigenvalue weighted by molar-refractivity contribution is -0.134. The molecule has 3 heterocycles. The molecule has 2 aromatic heterocycles. The maximum atomic E-state index is 12.4. The van der Waals surface area contributed by atoms with Gasteiger partial charge < -0.3 is 14.1 Å². The Kier molecular flexibility index (Phi) is 5.50. The van der Waals surface area contributed by atoms with E-state index in [1.807, 2.05) is 30.7 Å². The van der Waals surface area contributed by atoms with Crippen LogP contribution in [-0.4, -0.2) is 69.9 Å². The Morgan fingerprint density at radius 1 is 1.44 bits per heavy atom. The number of amides is 1. The number of carbonyl (C=O) groups is 1. The number of ether oxygens (including phenoxy) is 1. The zero-order chi connectivity index (χ0) is 17.8. The Hall–Kier alpha value is -2.19. The quantitative estimate of drug-likeness (QED) is 0.771. The van der Waals surface area contributed by atoms with Crippen molar-refractivity contribution in [1.82, 2.24) is 24.6 Å². The maximum absolute atomic E-state index is 12.4.